The van der Waals surface area contributed by atoms with Gasteiger partial charge in [0.05, 0.1) is 11.9 Å². The van der Waals surface area contributed by atoms with E-state index in [0.717, 1.165) is 0 Å². The number of halogens is 1. The highest BCUT2D eigenvalue weighted by atomic mass is 19.1. The van der Waals surface area contributed by atoms with Crippen molar-refractivity contribution in [3.8, 4) is 11.4 Å². The van der Waals surface area contributed by atoms with Gasteiger partial charge in [0.1, 0.15) is 11.5 Å². The molecule has 0 radical (unpaired) electrons. The van der Waals surface area contributed by atoms with Gasteiger partial charge in [-0.2, -0.15) is 15.4 Å². The van der Waals surface area contributed by atoms with Crippen LogP contribution in [-0.2, 0) is 0 Å². The maximum atomic E-state index is 12.7. The molecule has 2 heterocycles. The number of hydrogen-bond donors (Lipinski definition) is 1. The molecular formula is C7H5FN4. The molecule has 12 heavy (non-hydrogen) atoms. The van der Waals surface area contributed by atoms with Gasteiger partial charge in [-0.15, -0.1) is 0 Å². The number of rotatable bonds is 1. The van der Waals surface area contributed by atoms with Crippen molar-refractivity contribution in [3.63, 3.8) is 0 Å². The second-order valence-electron chi connectivity index (χ2n) is 2.21. The standard InChI is InChI=1S/C7H5FN4/c8-5-1-2-9-6(3-5)7-4-10-12-11-7/h1-4H,(H,10,11,12). The van der Waals surface area contributed by atoms with Crippen molar-refractivity contribution in [2.75, 3.05) is 0 Å². The molecule has 0 aromatic carbocycles. The Balaban J connectivity index is 2.48. The van der Waals surface area contributed by atoms with E-state index in [-0.39, 0.29) is 5.82 Å². The summed E-state index contributed by atoms with van der Waals surface area (Å²) < 4.78 is 12.7. The largest absolute Gasteiger partial charge is 0.254 e. The molecule has 0 fully saturated rings. The van der Waals surface area contributed by atoms with Crippen LogP contribution in [-0.4, -0.2) is 20.4 Å². The summed E-state index contributed by atoms with van der Waals surface area (Å²) in [5, 5.41) is 9.78. The molecule has 0 spiro atoms. The third kappa shape index (κ3) is 1.16. The summed E-state index contributed by atoms with van der Waals surface area (Å²) in [7, 11) is 0. The highest BCUT2D eigenvalue weighted by Crippen LogP contribution is 2.11. The van der Waals surface area contributed by atoms with Crippen LogP contribution in [0.5, 0.6) is 0 Å². The van der Waals surface area contributed by atoms with Crippen LogP contribution in [0.25, 0.3) is 11.4 Å². The van der Waals surface area contributed by atoms with Crippen LogP contribution in [0.2, 0.25) is 0 Å². The van der Waals surface area contributed by atoms with Gasteiger partial charge >= 0.3 is 0 Å². The summed E-state index contributed by atoms with van der Waals surface area (Å²) in [5.74, 6) is -0.331. The molecule has 2 rings (SSSR count). The molecule has 5 heteroatoms. The first-order valence-corrected chi connectivity index (χ1v) is 3.34. The Hall–Kier alpha value is -1.78. The van der Waals surface area contributed by atoms with Crippen molar-refractivity contribution in [2.45, 2.75) is 0 Å². The van der Waals surface area contributed by atoms with Crippen molar-refractivity contribution < 1.29 is 4.39 Å². The predicted octanol–water partition coefficient (Wildman–Crippen LogP) is 1.01. The summed E-state index contributed by atoms with van der Waals surface area (Å²) in [6.45, 7) is 0. The molecule has 0 saturated carbocycles. The van der Waals surface area contributed by atoms with E-state index in [0.29, 0.717) is 11.4 Å². The van der Waals surface area contributed by atoms with Crippen LogP contribution in [0.3, 0.4) is 0 Å². The van der Waals surface area contributed by atoms with E-state index in [4.69, 9.17) is 0 Å². The fraction of sp³-hybridized carbons (Fsp3) is 0. The Morgan fingerprint density at radius 2 is 2.25 bits per heavy atom. The first-order valence-electron chi connectivity index (χ1n) is 3.34. The zero-order valence-electron chi connectivity index (χ0n) is 6.03. The number of nitrogens with one attached hydrogen (secondary N) is 1. The lowest BCUT2D eigenvalue weighted by atomic mass is 10.3. The van der Waals surface area contributed by atoms with Crippen molar-refractivity contribution in [2.24, 2.45) is 0 Å². The molecule has 0 aliphatic carbocycles. The van der Waals surface area contributed by atoms with Crippen LogP contribution in [0.15, 0.2) is 24.5 Å². The molecule has 0 aliphatic rings. The number of H-pyrrole nitrogens is 1. The minimum Gasteiger partial charge on any atom is -0.254 e. The summed E-state index contributed by atoms with van der Waals surface area (Å²) in [6, 6.07) is 2.58. The van der Waals surface area contributed by atoms with Crippen LogP contribution in [0.1, 0.15) is 0 Å². The second-order valence-corrected chi connectivity index (χ2v) is 2.21. The van der Waals surface area contributed by atoms with Crippen LogP contribution in [0.4, 0.5) is 4.39 Å². The quantitative estimate of drug-likeness (QED) is 0.684. The molecule has 0 amide bonds. The Kier molecular flexibility index (Phi) is 1.55. The van der Waals surface area contributed by atoms with E-state index in [1.807, 2.05) is 0 Å². The fourth-order valence-electron chi connectivity index (χ4n) is 0.870. The third-order valence-electron chi connectivity index (χ3n) is 1.40. The van der Waals surface area contributed by atoms with Gasteiger partial charge in [-0.25, -0.2) is 4.39 Å². The van der Waals surface area contributed by atoms with E-state index in [1.54, 1.807) is 0 Å². The van der Waals surface area contributed by atoms with Crippen LogP contribution in [0, 0.1) is 5.82 Å². The molecule has 0 atom stereocenters. The van der Waals surface area contributed by atoms with E-state index in [1.165, 1.54) is 24.5 Å². The minimum atomic E-state index is -0.331. The summed E-state index contributed by atoms with van der Waals surface area (Å²) >= 11 is 0. The maximum absolute atomic E-state index is 12.7. The van der Waals surface area contributed by atoms with Crippen LogP contribution < -0.4 is 0 Å². The van der Waals surface area contributed by atoms with Crippen molar-refractivity contribution in [1.82, 2.24) is 20.4 Å². The van der Waals surface area contributed by atoms with Gasteiger partial charge in [-0.1, -0.05) is 0 Å². The summed E-state index contributed by atoms with van der Waals surface area (Å²) in [6.07, 6.45) is 2.88. The van der Waals surface area contributed by atoms with E-state index in [2.05, 4.69) is 20.4 Å². The zero-order valence-corrected chi connectivity index (χ0v) is 6.03. The molecule has 0 bridgehead atoms. The number of nitrogens with zero attached hydrogens (tertiary/aromatic N) is 3. The van der Waals surface area contributed by atoms with Crippen molar-refractivity contribution in [1.29, 1.82) is 0 Å². The normalized spacial score (nSPS) is 10.1. The monoisotopic (exact) mass is 164 g/mol. The van der Waals surface area contributed by atoms with E-state index in [9.17, 15) is 4.39 Å². The lowest BCUT2D eigenvalue weighted by Gasteiger charge is -1.92. The molecule has 4 nitrogen and oxygen atoms in total. The van der Waals surface area contributed by atoms with Gasteiger partial charge in [0.15, 0.2) is 0 Å². The lowest BCUT2D eigenvalue weighted by molar-refractivity contribution is 0.626. The molecule has 1 N–H and O–H groups in total. The molecule has 0 unspecified atom stereocenters. The molecule has 60 valence electrons. The summed E-state index contributed by atoms with van der Waals surface area (Å²) in [4.78, 5) is 3.92. The van der Waals surface area contributed by atoms with Crippen LogP contribution >= 0.6 is 0 Å². The van der Waals surface area contributed by atoms with Gasteiger partial charge in [0.25, 0.3) is 0 Å². The number of hydrogen-bond acceptors (Lipinski definition) is 3. The first kappa shape index (κ1) is 6.90. The molecular weight excluding hydrogens is 159 g/mol. The molecule has 2 aromatic heterocycles. The topological polar surface area (TPSA) is 54.5 Å². The lowest BCUT2D eigenvalue weighted by Crippen LogP contribution is -1.84. The Morgan fingerprint density at radius 3 is 2.92 bits per heavy atom. The van der Waals surface area contributed by atoms with Crippen molar-refractivity contribution in [3.05, 3.63) is 30.3 Å². The van der Waals surface area contributed by atoms with Gasteiger partial charge in [-0.3, -0.25) is 4.98 Å². The maximum Gasteiger partial charge on any atom is 0.131 e. The van der Waals surface area contributed by atoms with E-state index >= 15 is 0 Å². The minimum absolute atomic E-state index is 0.331. The molecule has 2 aromatic rings. The average Bonchev–Trinajstić information content (AvgIpc) is 2.56. The fourth-order valence-corrected chi connectivity index (χ4v) is 0.870. The summed E-state index contributed by atoms with van der Waals surface area (Å²) in [5.41, 5.74) is 1.01. The zero-order chi connectivity index (χ0) is 8.39. The Labute approximate surface area is 67.5 Å². The predicted molar refractivity (Wildman–Crippen MR) is 39.6 cm³/mol. The van der Waals surface area contributed by atoms with Gasteiger partial charge < -0.3 is 0 Å². The van der Waals surface area contributed by atoms with Gasteiger partial charge in [-0.05, 0) is 6.07 Å². The van der Waals surface area contributed by atoms with E-state index < -0.39 is 0 Å². The molecule has 0 saturated heterocycles. The number of aromatic nitrogens is 4. The third-order valence-corrected chi connectivity index (χ3v) is 1.40. The smallest absolute Gasteiger partial charge is 0.131 e. The Bertz CT molecular complexity index is 371. The SMILES string of the molecule is Fc1ccnc(-c2cn[nH]n2)c1. The average molecular weight is 164 g/mol. The van der Waals surface area contributed by atoms with Gasteiger partial charge in [0.2, 0.25) is 0 Å². The first-order chi connectivity index (χ1) is 5.86. The number of aromatic amines is 1. The number of pyridine rings is 1. The molecule has 0 aliphatic heterocycles. The Morgan fingerprint density at radius 1 is 1.33 bits per heavy atom. The van der Waals surface area contributed by atoms with Crippen molar-refractivity contribution >= 4 is 0 Å². The second kappa shape index (κ2) is 2.69. The highest BCUT2D eigenvalue weighted by molar-refractivity contribution is 5.51. The van der Waals surface area contributed by atoms with Gasteiger partial charge in [0, 0.05) is 12.3 Å². The highest BCUT2D eigenvalue weighted by Gasteiger charge is 2.01.